The van der Waals surface area contributed by atoms with Crippen molar-refractivity contribution >= 4 is 5.91 Å². The van der Waals surface area contributed by atoms with Gasteiger partial charge in [-0.2, -0.15) is 13.2 Å². The standard InChI is InChI=1S/C19H25F3N2O/c1-13(14-5-6-14)23-18(25)12-24-11-3-2-4-17(24)15-7-9-16(10-8-15)19(20,21)22/h7-10,13-14,17H,2-6,11-12H2,1H3,(H,23,25). The summed E-state index contributed by atoms with van der Waals surface area (Å²) in [5.74, 6) is 0.620. The Morgan fingerprint density at radius 3 is 2.48 bits per heavy atom. The lowest BCUT2D eigenvalue weighted by atomic mass is 9.94. The molecule has 1 heterocycles. The zero-order valence-corrected chi connectivity index (χ0v) is 14.5. The normalized spacial score (nSPS) is 23.3. The van der Waals surface area contributed by atoms with Gasteiger partial charge in [0.2, 0.25) is 5.91 Å². The van der Waals surface area contributed by atoms with Crippen molar-refractivity contribution < 1.29 is 18.0 Å². The van der Waals surface area contributed by atoms with E-state index < -0.39 is 11.7 Å². The molecule has 1 aliphatic heterocycles. The van der Waals surface area contributed by atoms with E-state index in [1.165, 1.54) is 12.8 Å². The Labute approximate surface area is 146 Å². The third-order valence-electron chi connectivity index (χ3n) is 5.30. The molecule has 6 heteroatoms. The molecule has 3 rings (SSSR count). The first-order valence-electron chi connectivity index (χ1n) is 9.05. The highest BCUT2D eigenvalue weighted by atomic mass is 19.4. The van der Waals surface area contributed by atoms with Crippen LogP contribution in [0.15, 0.2) is 24.3 Å². The fraction of sp³-hybridized carbons (Fsp3) is 0.632. The van der Waals surface area contributed by atoms with Crippen LogP contribution in [0.25, 0.3) is 0 Å². The maximum Gasteiger partial charge on any atom is 0.416 e. The molecule has 0 aromatic heterocycles. The third kappa shape index (κ3) is 4.75. The molecule has 1 aliphatic carbocycles. The van der Waals surface area contributed by atoms with Crippen LogP contribution in [0.3, 0.4) is 0 Å². The second-order valence-corrected chi connectivity index (χ2v) is 7.30. The van der Waals surface area contributed by atoms with E-state index in [2.05, 4.69) is 10.2 Å². The van der Waals surface area contributed by atoms with Gasteiger partial charge in [-0.1, -0.05) is 18.6 Å². The molecule has 0 spiro atoms. The van der Waals surface area contributed by atoms with E-state index in [0.717, 1.165) is 43.5 Å². The molecule has 1 aromatic carbocycles. The minimum Gasteiger partial charge on any atom is -0.352 e. The number of piperidine rings is 1. The Kier molecular flexibility index (Phi) is 5.37. The van der Waals surface area contributed by atoms with Crippen LogP contribution in [-0.4, -0.2) is 29.9 Å². The highest BCUT2D eigenvalue weighted by molar-refractivity contribution is 5.78. The van der Waals surface area contributed by atoms with Gasteiger partial charge in [-0.15, -0.1) is 0 Å². The van der Waals surface area contributed by atoms with Crippen molar-refractivity contribution in [3.05, 3.63) is 35.4 Å². The predicted octanol–water partition coefficient (Wildman–Crippen LogP) is 4.15. The van der Waals surface area contributed by atoms with Crippen LogP contribution in [0.4, 0.5) is 13.2 Å². The average molecular weight is 354 g/mol. The third-order valence-corrected chi connectivity index (χ3v) is 5.30. The first kappa shape index (κ1) is 18.2. The molecule has 0 radical (unpaired) electrons. The van der Waals surface area contributed by atoms with Crippen LogP contribution in [0.2, 0.25) is 0 Å². The molecule has 1 N–H and O–H groups in total. The number of amides is 1. The van der Waals surface area contributed by atoms with Gasteiger partial charge >= 0.3 is 6.18 Å². The Hall–Kier alpha value is -1.56. The maximum absolute atomic E-state index is 12.7. The van der Waals surface area contributed by atoms with Crippen LogP contribution >= 0.6 is 0 Å². The fourth-order valence-corrected chi connectivity index (χ4v) is 3.65. The Bertz CT molecular complexity index is 596. The topological polar surface area (TPSA) is 32.3 Å². The highest BCUT2D eigenvalue weighted by Crippen LogP contribution is 2.34. The van der Waals surface area contributed by atoms with Gasteiger partial charge in [-0.25, -0.2) is 0 Å². The quantitative estimate of drug-likeness (QED) is 0.862. The van der Waals surface area contributed by atoms with Crippen molar-refractivity contribution in [3.8, 4) is 0 Å². The lowest BCUT2D eigenvalue weighted by molar-refractivity contribution is -0.137. The van der Waals surface area contributed by atoms with Gasteiger partial charge in [0.1, 0.15) is 0 Å². The smallest absolute Gasteiger partial charge is 0.352 e. The summed E-state index contributed by atoms with van der Waals surface area (Å²) in [5, 5.41) is 3.06. The lowest BCUT2D eigenvalue weighted by Crippen LogP contribution is -2.44. The maximum atomic E-state index is 12.7. The second kappa shape index (κ2) is 7.36. The number of alkyl halides is 3. The van der Waals surface area contributed by atoms with Gasteiger partial charge in [0, 0.05) is 12.1 Å². The first-order valence-corrected chi connectivity index (χ1v) is 9.05. The molecule has 25 heavy (non-hydrogen) atoms. The van der Waals surface area contributed by atoms with Crippen LogP contribution < -0.4 is 5.32 Å². The summed E-state index contributed by atoms with van der Waals surface area (Å²) in [6.07, 6.45) is 0.962. The summed E-state index contributed by atoms with van der Waals surface area (Å²) in [6.45, 7) is 3.15. The van der Waals surface area contributed by atoms with Crippen molar-refractivity contribution in [3.63, 3.8) is 0 Å². The zero-order valence-electron chi connectivity index (χ0n) is 14.5. The number of nitrogens with one attached hydrogen (secondary N) is 1. The van der Waals surface area contributed by atoms with Crippen molar-refractivity contribution in [2.45, 2.75) is 57.3 Å². The minimum atomic E-state index is -4.32. The number of rotatable bonds is 5. The minimum absolute atomic E-state index is 0.0121. The SMILES string of the molecule is CC(NC(=O)CN1CCCCC1c1ccc(C(F)(F)F)cc1)C1CC1. The van der Waals surface area contributed by atoms with Crippen molar-refractivity contribution in [1.82, 2.24) is 10.2 Å². The van der Waals surface area contributed by atoms with Crippen molar-refractivity contribution in [1.29, 1.82) is 0 Å². The number of carbonyl (C=O) groups is 1. The largest absolute Gasteiger partial charge is 0.416 e. The molecule has 2 atom stereocenters. The van der Waals surface area contributed by atoms with E-state index in [1.54, 1.807) is 12.1 Å². The monoisotopic (exact) mass is 354 g/mol. The highest BCUT2D eigenvalue weighted by Gasteiger charge is 2.32. The van der Waals surface area contributed by atoms with Crippen LogP contribution in [0.1, 0.15) is 56.2 Å². The number of carbonyl (C=O) groups excluding carboxylic acids is 1. The molecule has 1 aromatic rings. The van der Waals surface area contributed by atoms with Crippen LogP contribution in [-0.2, 0) is 11.0 Å². The van der Waals surface area contributed by atoms with E-state index in [9.17, 15) is 18.0 Å². The summed E-state index contributed by atoms with van der Waals surface area (Å²) in [7, 11) is 0. The zero-order chi connectivity index (χ0) is 18.0. The van der Waals surface area contributed by atoms with Crippen LogP contribution in [0, 0.1) is 5.92 Å². The Morgan fingerprint density at radius 1 is 1.20 bits per heavy atom. The Balaban J connectivity index is 1.64. The molecule has 2 aliphatic rings. The molecular formula is C19H25F3N2O. The summed E-state index contributed by atoms with van der Waals surface area (Å²) < 4.78 is 38.2. The molecule has 1 amide bonds. The summed E-state index contributed by atoms with van der Waals surface area (Å²) in [4.78, 5) is 14.4. The van der Waals surface area contributed by atoms with E-state index >= 15 is 0 Å². The van der Waals surface area contributed by atoms with Crippen molar-refractivity contribution in [2.75, 3.05) is 13.1 Å². The van der Waals surface area contributed by atoms with E-state index in [1.807, 2.05) is 6.92 Å². The van der Waals surface area contributed by atoms with Crippen LogP contribution in [0.5, 0.6) is 0 Å². The summed E-state index contributed by atoms with van der Waals surface area (Å²) >= 11 is 0. The second-order valence-electron chi connectivity index (χ2n) is 7.30. The molecule has 2 fully saturated rings. The van der Waals surface area contributed by atoms with E-state index in [4.69, 9.17) is 0 Å². The first-order chi connectivity index (χ1) is 11.8. The number of hydrogen-bond donors (Lipinski definition) is 1. The van der Waals surface area contributed by atoms with Gasteiger partial charge in [0.15, 0.2) is 0 Å². The molecule has 2 unspecified atom stereocenters. The predicted molar refractivity (Wildman–Crippen MR) is 89.9 cm³/mol. The van der Waals surface area contributed by atoms with Gasteiger partial charge < -0.3 is 5.32 Å². The number of nitrogens with zero attached hydrogens (tertiary/aromatic N) is 1. The fourth-order valence-electron chi connectivity index (χ4n) is 3.65. The number of halogens is 3. The van der Waals surface area contributed by atoms with Crippen molar-refractivity contribution in [2.24, 2.45) is 5.92 Å². The Morgan fingerprint density at radius 2 is 1.88 bits per heavy atom. The molecule has 1 saturated heterocycles. The lowest BCUT2D eigenvalue weighted by Gasteiger charge is -2.36. The molecule has 138 valence electrons. The molecule has 1 saturated carbocycles. The summed E-state index contributed by atoms with van der Waals surface area (Å²) in [5.41, 5.74) is 0.227. The molecule has 0 bridgehead atoms. The van der Waals surface area contributed by atoms with Gasteiger partial charge in [-0.05, 0) is 62.8 Å². The number of benzene rings is 1. The van der Waals surface area contributed by atoms with E-state index in [-0.39, 0.29) is 18.0 Å². The average Bonchev–Trinajstić information content (AvgIpc) is 3.39. The van der Waals surface area contributed by atoms with E-state index in [0.29, 0.717) is 12.5 Å². The van der Waals surface area contributed by atoms with Gasteiger partial charge in [-0.3, -0.25) is 9.69 Å². The van der Waals surface area contributed by atoms with Gasteiger partial charge in [0.05, 0.1) is 12.1 Å². The number of hydrogen-bond acceptors (Lipinski definition) is 2. The van der Waals surface area contributed by atoms with Gasteiger partial charge in [0.25, 0.3) is 0 Å². The molecule has 3 nitrogen and oxygen atoms in total. The number of likely N-dealkylation sites (tertiary alicyclic amines) is 1. The summed E-state index contributed by atoms with van der Waals surface area (Å²) in [6, 6.07) is 5.60. The molecular weight excluding hydrogens is 329 g/mol.